The van der Waals surface area contributed by atoms with Crippen LogP contribution in [0.3, 0.4) is 0 Å². The van der Waals surface area contributed by atoms with E-state index >= 15 is 0 Å². The summed E-state index contributed by atoms with van der Waals surface area (Å²) < 4.78 is 14.2. The lowest BCUT2D eigenvalue weighted by Gasteiger charge is -2.25. The van der Waals surface area contributed by atoms with Gasteiger partial charge in [0.25, 0.3) is 5.91 Å². The molecule has 3 amide bonds. The molecule has 1 aromatic carbocycles. The number of hydrogen-bond donors (Lipinski definition) is 0. The Hall–Kier alpha value is -1.95. The molecule has 5 nitrogen and oxygen atoms in total. The summed E-state index contributed by atoms with van der Waals surface area (Å²) in [6.45, 7) is 1.78. The molecule has 0 N–H and O–H groups in total. The van der Waals surface area contributed by atoms with Crippen LogP contribution in [0, 0.1) is 5.82 Å². The molecular weight excluding hydrogens is 311 g/mol. The fourth-order valence-electron chi connectivity index (χ4n) is 2.99. The molecule has 7 heteroatoms. The monoisotopic (exact) mass is 324 g/mol. The number of carbonyl (C=O) groups excluding carboxylic acids is 3. The minimum absolute atomic E-state index is 0.0365. The largest absolute Gasteiger partial charge is 0.332 e. The number of rotatable bonds is 2. The number of amides is 3. The average Bonchev–Trinajstić information content (AvgIpc) is 2.72. The van der Waals surface area contributed by atoms with Crippen molar-refractivity contribution >= 4 is 35.0 Å². The highest BCUT2D eigenvalue weighted by atomic mass is 35.5. The van der Waals surface area contributed by atoms with Gasteiger partial charge in [-0.3, -0.25) is 9.59 Å². The van der Waals surface area contributed by atoms with Crippen molar-refractivity contribution in [3.05, 3.63) is 28.5 Å². The number of piperidine rings is 1. The zero-order valence-corrected chi connectivity index (χ0v) is 12.7. The molecule has 2 aliphatic rings. The van der Waals surface area contributed by atoms with Gasteiger partial charge in [-0.15, -0.1) is 0 Å². The molecule has 116 valence electrons. The maximum absolute atomic E-state index is 14.2. The van der Waals surface area contributed by atoms with Crippen molar-refractivity contribution < 1.29 is 18.8 Å². The van der Waals surface area contributed by atoms with Crippen LogP contribution in [0.2, 0.25) is 5.02 Å². The molecule has 2 aliphatic heterocycles. The molecule has 2 fully saturated rings. The fraction of sp³-hybridized carbons (Fsp3) is 0.400. The maximum Gasteiger partial charge on any atom is 0.332 e. The number of urea groups is 1. The third-order valence-corrected chi connectivity index (χ3v) is 4.41. The summed E-state index contributed by atoms with van der Waals surface area (Å²) >= 11 is 5.84. The van der Waals surface area contributed by atoms with Crippen LogP contribution in [0.15, 0.2) is 12.1 Å². The van der Waals surface area contributed by atoms with E-state index in [0.29, 0.717) is 13.0 Å². The first-order valence-corrected chi connectivity index (χ1v) is 7.44. The average molecular weight is 325 g/mol. The molecule has 0 aliphatic carbocycles. The minimum atomic E-state index is -0.795. The summed E-state index contributed by atoms with van der Waals surface area (Å²) in [7, 11) is 0. The van der Waals surface area contributed by atoms with Crippen molar-refractivity contribution in [3.8, 4) is 0 Å². The number of carbonyl (C=O) groups is 3. The lowest BCUT2D eigenvalue weighted by atomic mass is 10.0. The zero-order chi connectivity index (χ0) is 16.0. The molecule has 3 rings (SSSR count). The van der Waals surface area contributed by atoms with E-state index in [1.54, 1.807) is 0 Å². The van der Waals surface area contributed by atoms with Crippen molar-refractivity contribution in [2.45, 2.75) is 32.2 Å². The number of imide groups is 1. The van der Waals surface area contributed by atoms with Crippen LogP contribution in [0.5, 0.6) is 0 Å². The van der Waals surface area contributed by atoms with Crippen LogP contribution >= 0.6 is 11.6 Å². The lowest BCUT2D eigenvalue weighted by molar-refractivity contribution is -0.120. The first-order valence-electron chi connectivity index (χ1n) is 7.06. The van der Waals surface area contributed by atoms with E-state index in [1.165, 1.54) is 17.9 Å². The summed E-state index contributed by atoms with van der Waals surface area (Å²) in [5.41, 5.74) is -0.123. The second-order valence-electron chi connectivity index (χ2n) is 5.50. The molecule has 22 heavy (non-hydrogen) atoms. The standard InChI is InChI=1S/C15H14ClFN2O3/c1-8(20)9-6-13(11(17)7-10(9)16)19-14(21)12-4-2-3-5-18(12)15(19)22/h6-7,12H,2-5H2,1H3. The molecule has 0 spiro atoms. The van der Waals surface area contributed by atoms with Crippen LogP contribution in [-0.4, -0.2) is 35.2 Å². The van der Waals surface area contributed by atoms with Gasteiger partial charge in [0.2, 0.25) is 0 Å². The predicted octanol–water partition coefficient (Wildman–Crippen LogP) is 3.00. The molecular formula is C15H14ClFN2O3. The molecule has 2 heterocycles. The van der Waals surface area contributed by atoms with Crippen LogP contribution < -0.4 is 4.90 Å². The second-order valence-corrected chi connectivity index (χ2v) is 5.91. The normalized spacial score (nSPS) is 21.3. The Morgan fingerprint density at radius 1 is 1.32 bits per heavy atom. The Labute approximate surface area is 131 Å². The Kier molecular flexibility index (Phi) is 3.64. The number of fused-ring (bicyclic) bond motifs is 1. The Morgan fingerprint density at radius 3 is 2.68 bits per heavy atom. The summed E-state index contributed by atoms with van der Waals surface area (Å²) in [6, 6.07) is 1.07. The van der Waals surface area contributed by atoms with E-state index in [-0.39, 0.29) is 22.1 Å². The Balaban J connectivity index is 2.07. The number of anilines is 1. The Bertz CT molecular complexity index is 668. The van der Waals surface area contributed by atoms with E-state index in [2.05, 4.69) is 0 Å². The van der Waals surface area contributed by atoms with Gasteiger partial charge in [0.1, 0.15) is 11.9 Å². The summed E-state index contributed by atoms with van der Waals surface area (Å²) in [5, 5.41) is -0.0365. The van der Waals surface area contributed by atoms with Crippen molar-refractivity contribution in [2.75, 3.05) is 11.4 Å². The van der Waals surface area contributed by atoms with Gasteiger partial charge in [-0.2, -0.15) is 0 Å². The number of ketones is 1. The van der Waals surface area contributed by atoms with Crippen molar-refractivity contribution in [3.63, 3.8) is 0 Å². The molecule has 0 bridgehead atoms. The highest BCUT2D eigenvalue weighted by Gasteiger charge is 2.47. The van der Waals surface area contributed by atoms with Gasteiger partial charge < -0.3 is 4.90 Å². The zero-order valence-electron chi connectivity index (χ0n) is 11.9. The number of halogens is 2. The number of Topliss-reactive ketones (excluding diaryl/α,β-unsaturated/α-hetero) is 1. The molecule has 0 radical (unpaired) electrons. The number of hydrogen-bond acceptors (Lipinski definition) is 3. The molecule has 1 unspecified atom stereocenters. The SMILES string of the molecule is CC(=O)c1cc(N2C(=O)C3CCCCN3C2=O)c(F)cc1Cl. The minimum Gasteiger partial charge on any atom is -0.312 e. The smallest absolute Gasteiger partial charge is 0.312 e. The predicted molar refractivity (Wildman–Crippen MR) is 78.6 cm³/mol. The van der Waals surface area contributed by atoms with Gasteiger partial charge >= 0.3 is 6.03 Å². The molecule has 1 atom stereocenters. The van der Waals surface area contributed by atoms with E-state index in [0.717, 1.165) is 23.8 Å². The van der Waals surface area contributed by atoms with E-state index in [1.807, 2.05) is 0 Å². The third-order valence-electron chi connectivity index (χ3n) is 4.10. The highest BCUT2D eigenvalue weighted by molar-refractivity contribution is 6.34. The highest BCUT2D eigenvalue weighted by Crippen LogP contribution is 2.34. The third kappa shape index (κ3) is 2.18. The molecule has 0 saturated carbocycles. The van der Waals surface area contributed by atoms with Gasteiger partial charge in [-0.05, 0) is 38.3 Å². The van der Waals surface area contributed by atoms with Crippen LogP contribution in [0.4, 0.5) is 14.9 Å². The second kappa shape index (κ2) is 5.35. The molecule has 2 saturated heterocycles. The van der Waals surface area contributed by atoms with Gasteiger partial charge in [0, 0.05) is 12.1 Å². The van der Waals surface area contributed by atoms with E-state index < -0.39 is 23.8 Å². The Morgan fingerprint density at radius 2 is 2.05 bits per heavy atom. The molecule has 1 aromatic rings. The van der Waals surface area contributed by atoms with Gasteiger partial charge in [0.05, 0.1) is 10.7 Å². The number of benzene rings is 1. The van der Waals surface area contributed by atoms with Gasteiger partial charge in [-0.25, -0.2) is 14.1 Å². The summed E-state index contributed by atoms with van der Waals surface area (Å²) in [4.78, 5) is 38.7. The first-order chi connectivity index (χ1) is 10.4. The maximum atomic E-state index is 14.2. The van der Waals surface area contributed by atoms with Gasteiger partial charge in [0.15, 0.2) is 5.78 Å². The van der Waals surface area contributed by atoms with Gasteiger partial charge in [-0.1, -0.05) is 11.6 Å². The first kappa shape index (κ1) is 15.0. The van der Waals surface area contributed by atoms with Crippen LogP contribution in [-0.2, 0) is 4.79 Å². The quantitative estimate of drug-likeness (QED) is 0.620. The fourth-order valence-corrected chi connectivity index (χ4v) is 3.27. The molecule has 0 aromatic heterocycles. The number of nitrogens with zero attached hydrogens (tertiary/aromatic N) is 2. The van der Waals surface area contributed by atoms with Crippen LogP contribution in [0.25, 0.3) is 0 Å². The van der Waals surface area contributed by atoms with E-state index in [4.69, 9.17) is 11.6 Å². The summed E-state index contributed by atoms with van der Waals surface area (Å²) in [6.07, 6.45) is 2.26. The van der Waals surface area contributed by atoms with Crippen LogP contribution in [0.1, 0.15) is 36.5 Å². The van der Waals surface area contributed by atoms with Crippen molar-refractivity contribution in [1.82, 2.24) is 4.90 Å². The van der Waals surface area contributed by atoms with Crippen molar-refractivity contribution in [1.29, 1.82) is 0 Å². The topological polar surface area (TPSA) is 57.7 Å². The summed E-state index contributed by atoms with van der Waals surface area (Å²) in [5.74, 6) is -1.60. The van der Waals surface area contributed by atoms with E-state index in [9.17, 15) is 18.8 Å². The van der Waals surface area contributed by atoms with Crippen molar-refractivity contribution in [2.24, 2.45) is 0 Å². The lowest BCUT2D eigenvalue weighted by Crippen LogP contribution is -2.39.